The molecule has 0 fully saturated rings. The Labute approximate surface area is 146 Å². The molecule has 0 atom stereocenters. The molecule has 2 N–H and O–H groups in total. The molecule has 0 aliphatic rings. The second kappa shape index (κ2) is 10.1. The highest BCUT2D eigenvalue weighted by Gasteiger charge is 2.19. The summed E-state index contributed by atoms with van der Waals surface area (Å²) >= 11 is 1.41. The van der Waals surface area contributed by atoms with Gasteiger partial charge in [-0.2, -0.15) is 0 Å². The Kier molecular flexibility index (Phi) is 7.84. The van der Waals surface area contributed by atoms with Gasteiger partial charge in [-0.3, -0.25) is 4.79 Å². The number of methoxy groups -OCH3 is 1. The quantitative estimate of drug-likeness (QED) is 0.663. The molecule has 24 heavy (non-hydrogen) atoms. The lowest BCUT2D eigenvalue weighted by atomic mass is 10.2. The first-order chi connectivity index (χ1) is 11.7. The molecule has 0 bridgehead atoms. The topological polar surface area (TPSA) is 77.7 Å². The Morgan fingerprint density at radius 2 is 2.04 bits per heavy atom. The highest BCUT2D eigenvalue weighted by atomic mass is 32.1. The average molecular weight is 349 g/mol. The number of ether oxygens (including phenoxy) is 2. The van der Waals surface area contributed by atoms with Gasteiger partial charge in [-0.1, -0.05) is 30.3 Å². The minimum absolute atomic E-state index is 0.106. The molecule has 0 radical (unpaired) electrons. The Hall–Kier alpha value is -1.80. The van der Waals surface area contributed by atoms with Crippen LogP contribution in [0.5, 0.6) is 0 Å². The van der Waals surface area contributed by atoms with Crippen LogP contribution in [0.3, 0.4) is 0 Å². The predicted molar refractivity (Wildman–Crippen MR) is 93.9 cm³/mol. The summed E-state index contributed by atoms with van der Waals surface area (Å²) in [6.07, 6.45) is 0. The van der Waals surface area contributed by atoms with Gasteiger partial charge in [0.1, 0.15) is 10.7 Å². The van der Waals surface area contributed by atoms with Gasteiger partial charge in [0.25, 0.3) is 5.91 Å². The van der Waals surface area contributed by atoms with Crippen LogP contribution in [0.2, 0.25) is 0 Å². The molecule has 7 heteroatoms. The molecular weight excluding hydrogens is 326 g/mol. The third-order valence-corrected chi connectivity index (χ3v) is 4.26. The van der Waals surface area contributed by atoms with Crippen molar-refractivity contribution in [3.8, 4) is 0 Å². The first-order valence-electron chi connectivity index (χ1n) is 7.79. The summed E-state index contributed by atoms with van der Waals surface area (Å²) in [7, 11) is 1.63. The van der Waals surface area contributed by atoms with E-state index in [1.54, 1.807) is 17.4 Å². The van der Waals surface area contributed by atoms with Gasteiger partial charge in [0.2, 0.25) is 0 Å². The molecule has 6 nitrogen and oxygen atoms in total. The fourth-order valence-corrected chi connectivity index (χ4v) is 2.79. The Morgan fingerprint density at radius 3 is 2.71 bits per heavy atom. The standard InChI is InChI=1S/C17H23N3O3S/c1-22-9-10-23-8-7-20(12-14-5-3-2-4-6-14)17(21)15-13-24-16(11-18)19-15/h2-6,13H,7-12,18H2,1H3. The maximum atomic E-state index is 12.7. The number of nitrogens with two attached hydrogens (primary N) is 1. The molecule has 1 amide bonds. The molecule has 1 heterocycles. The van der Waals surface area contributed by atoms with E-state index in [1.807, 2.05) is 30.3 Å². The lowest BCUT2D eigenvalue weighted by Gasteiger charge is -2.22. The summed E-state index contributed by atoms with van der Waals surface area (Å²) in [6.45, 7) is 2.86. The lowest BCUT2D eigenvalue weighted by Crippen LogP contribution is -2.34. The second-order valence-electron chi connectivity index (χ2n) is 5.15. The fraction of sp³-hybridized carbons (Fsp3) is 0.412. The summed E-state index contributed by atoms with van der Waals surface area (Å²) in [4.78, 5) is 18.8. The van der Waals surface area contributed by atoms with E-state index in [0.29, 0.717) is 45.1 Å². The maximum absolute atomic E-state index is 12.7. The third-order valence-electron chi connectivity index (χ3n) is 3.39. The molecule has 0 unspecified atom stereocenters. The van der Waals surface area contributed by atoms with Crippen molar-refractivity contribution in [3.05, 3.63) is 52.0 Å². The van der Waals surface area contributed by atoms with Crippen LogP contribution >= 0.6 is 11.3 Å². The molecule has 1 aromatic carbocycles. The zero-order chi connectivity index (χ0) is 17.2. The number of nitrogens with zero attached hydrogens (tertiary/aromatic N) is 2. The van der Waals surface area contributed by atoms with Crippen molar-refractivity contribution < 1.29 is 14.3 Å². The molecule has 0 saturated carbocycles. The first kappa shape index (κ1) is 18.5. The Morgan fingerprint density at radius 1 is 1.25 bits per heavy atom. The summed E-state index contributed by atoms with van der Waals surface area (Å²) in [5.74, 6) is -0.106. The van der Waals surface area contributed by atoms with Crippen LogP contribution in [0.4, 0.5) is 0 Å². The Bertz CT molecular complexity index is 619. The number of hydrogen-bond donors (Lipinski definition) is 1. The smallest absolute Gasteiger partial charge is 0.273 e. The Balaban J connectivity index is 2.01. The molecule has 0 spiro atoms. The van der Waals surface area contributed by atoms with Crippen LogP contribution in [0, 0.1) is 0 Å². The zero-order valence-electron chi connectivity index (χ0n) is 13.8. The summed E-state index contributed by atoms with van der Waals surface area (Å²) in [6, 6.07) is 9.87. The molecule has 2 aromatic rings. The molecule has 0 aliphatic heterocycles. The highest BCUT2D eigenvalue weighted by Crippen LogP contribution is 2.13. The molecular formula is C17H23N3O3S. The van der Waals surface area contributed by atoms with Crippen molar-refractivity contribution in [2.24, 2.45) is 5.73 Å². The third kappa shape index (κ3) is 5.68. The first-order valence-corrected chi connectivity index (χ1v) is 8.67. The van der Waals surface area contributed by atoms with Gasteiger partial charge in [-0.05, 0) is 5.56 Å². The van der Waals surface area contributed by atoms with Crippen LogP contribution in [0.15, 0.2) is 35.7 Å². The monoisotopic (exact) mass is 349 g/mol. The van der Waals surface area contributed by atoms with E-state index in [1.165, 1.54) is 11.3 Å². The summed E-state index contributed by atoms with van der Waals surface area (Å²) in [5.41, 5.74) is 7.09. The van der Waals surface area contributed by atoms with Crippen LogP contribution in [-0.2, 0) is 22.6 Å². The van der Waals surface area contributed by atoms with E-state index in [0.717, 1.165) is 10.6 Å². The van der Waals surface area contributed by atoms with Crippen molar-refractivity contribution in [1.29, 1.82) is 0 Å². The van der Waals surface area contributed by atoms with Crippen molar-refractivity contribution in [3.63, 3.8) is 0 Å². The maximum Gasteiger partial charge on any atom is 0.273 e. The summed E-state index contributed by atoms with van der Waals surface area (Å²) in [5, 5.41) is 2.52. The number of aromatic nitrogens is 1. The van der Waals surface area contributed by atoms with Gasteiger partial charge >= 0.3 is 0 Å². The number of rotatable bonds is 10. The van der Waals surface area contributed by atoms with Gasteiger partial charge in [0.05, 0.1) is 19.8 Å². The number of hydrogen-bond acceptors (Lipinski definition) is 6. The van der Waals surface area contributed by atoms with E-state index >= 15 is 0 Å². The van der Waals surface area contributed by atoms with E-state index in [9.17, 15) is 4.79 Å². The van der Waals surface area contributed by atoms with Gasteiger partial charge in [-0.25, -0.2) is 4.98 Å². The lowest BCUT2D eigenvalue weighted by molar-refractivity contribution is 0.0474. The number of carbonyl (C=O) groups is 1. The number of amides is 1. The molecule has 130 valence electrons. The summed E-state index contributed by atoms with van der Waals surface area (Å²) < 4.78 is 10.4. The number of carbonyl (C=O) groups excluding carboxylic acids is 1. The molecule has 0 saturated heterocycles. The molecule has 1 aromatic heterocycles. The molecule has 2 rings (SSSR count). The predicted octanol–water partition coefficient (Wildman–Crippen LogP) is 1.91. The number of benzene rings is 1. The minimum Gasteiger partial charge on any atom is -0.382 e. The normalized spacial score (nSPS) is 10.8. The highest BCUT2D eigenvalue weighted by molar-refractivity contribution is 7.09. The van der Waals surface area contributed by atoms with Gasteiger partial charge in [-0.15, -0.1) is 11.3 Å². The van der Waals surface area contributed by atoms with E-state index in [-0.39, 0.29) is 5.91 Å². The van der Waals surface area contributed by atoms with Crippen LogP contribution in [0.1, 0.15) is 21.1 Å². The van der Waals surface area contributed by atoms with Crippen LogP contribution in [-0.4, -0.2) is 49.3 Å². The SMILES string of the molecule is COCCOCCN(Cc1ccccc1)C(=O)c1csc(CN)n1. The van der Waals surface area contributed by atoms with Crippen molar-refractivity contribution in [1.82, 2.24) is 9.88 Å². The van der Waals surface area contributed by atoms with Gasteiger partial charge in [0, 0.05) is 32.1 Å². The van der Waals surface area contributed by atoms with Crippen molar-refractivity contribution in [2.75, 3.05) is 33.5 Å². The van der Waals surface area contributed by atoms with E-state index < -0.39 is 0 Å². The minimum atomic E-state index is -0.106. The second-order valence-corrected chi connectivity index (χ2v) is 6.09. The van der Waals surface area contributed by atoms with E-state index in [4.69, 9.17) is 15.2 Å². The van der Waals surface area contributed by atoms with E-state index in [2.05, 4.69) is 4.98 Å². The fourth-order valence-electron chi connectivity index (χ4n) is 2.14. The van der Waals surface area contributed by atoms with Crippen molar-refractivity contribution >= 4 is 17.2 Å². The molecule has 0 aliphatic carbocycles. The van der Waals surface area contributed by atoms with Gasteiger partial charge in [0.15, 0.2) is 0 Å². The van der Waals surface area contributed by atoms with Crippen LogP contribution < -0.4 is 5.73 Å². The van der Waals surface area contributed by atoms with Gasteiger partial charge < -0.3 is 20.1 Å². The van der Waals surface area contributed by atoms with Crippen LogP contribution in [0.25, 0.3) is 0 Å². The number of thiazole rings is 1. The largest absolute Gasteiger partial charge is 0.382 e. The van der Waals surface area contributed by atoms with Crippen molar-refractivity contribution in [2.45, 2.75) is 13.1 Å². The zero-order valence-corrected chi connectivity index (χ0v) is 14.6. The average Bonchev–Trinajstić information content (AvgIpc) is 3.10.